The van der Waals surface area contributed by atoms with Crippen molar-refractivity contribution in [2.75, 3.05) is 27.2 Å². The Bertz CT molecular complexity index is 474. The molecule has 0 aliphatic carbocycles. The molecular formula is C15H23N3O2. The Labute approximate surface area is 120 Å². The number of carbonyl (C=O) groups excluding carboxylic acids is 2. The summed E-state index contributed by atoms with van der Waals surface area (Å²) >= 11 is 0. The van der Waals surface area contributed by atoms with Gasteiger partial charge in [0.05, 0.1) is 5.92 Å². The third-order valence-electron chi connectivity index (χ3n) is 3.20. The predicted octanol–water partition coefficient (Wildman–Crippen LogP) is 0.642. The summed E-state index contributed by atoms with van der Waals surface area (Å²) in [6, 6.07) is 7.45. The minimum absolute atomic E-state index is 0.0680. The molecule has 2 amide bonds. The van der Waals surface area contributed by atoms with Gasteiger partial charge in [-0.15, -0.1) is 0 Å². The summed E-state index contributed by atoms with van der Waals surface area (Å²) in [5.41, 5.74) is 7.20. The molecule has 3 N–H and O–H groups in total. The van der Waals surface area contributed by atoms with Crippen molar-refractivity contribution in [3.63, 3.8) is 0 Å². The van der Waals surface area contributed by atoms with Gasteiger partial charge in [-0.1, -0.05) is 19.1 Å². The van der Waals surface area contributed by atoms with Crippen molar-refractivity contribution in [1.82, 2.24) is 10.2 Å². The Balaban J connectivity index is 2.73. The third kappa shape index (κ3) is 4.35. The van der Waals surface area contributed by atoms with Crippen LogP contribution in [0.25, 0.3) is 0 Å². The van der Waals surface area contributed by atoms with Crippen molar-refractivity contribution in [2.45, 2.75) is 13.3 Å². The van der Waals surface area contributed by atoms with E-state index in [1.54, 1.807) is 32.0 Å². The molecule has 0 spiro atoms. The summed E-state index contributed by atoms with van der Waals surface area (Å²) in [6.45, 7) is 2.74. The molecule has 0 saturated heterocycles. The molecule has 0 heterocycles. The van der Waals surface area contributed by atoms with Crippen molar-refractivity contribution < 1.29 is 9.59 Å². The number of nitrogens with zero attached hydrogens (tertiary/aromatic N) is 1. The molecule has 1 atom stereocenters. The highest BCUT2D eigenvalue weighted by Gasteiger charge is 2.18. The molecule has 5 nitrogen and oxygen atoms in total. The highest BCUT2D eigenvalue weighted by atomic mass is 16.2. The molecule has 1 aromatic carbocycles. The first-order valence-corrected chi connectivity index (χ1v) is 6.75. The van der Waals surface area contributed by atoms with Crippen LogP contribution in [-0.4, -0.2) is 43.9 Å². The van der Waals surface area contributed by atoms with Crippen LogP contribution in [0.4, 0.5) is 0 Å². The first-order chi connectivity index (χ1) is 9.49. The first-order valence-electron chi connectivity index (χ1n) is 6.75. The van der Waals surface area contributed by atoms with Crippen molar-refractivity contribution in [2.24, 2.45) is 11.7 Å². The first kappa shape index (κ1) is 16.2. The highest BCUT2D eigenvalue weighted by Crippen LogP contribution is 2.09. The average Bonchev–Trinajstić information content (AvgIpc) is 2.46. The molecule has 0 bridgehead atoms. The Hall–Kier alpha value is -1.88. The van der Waals surface area contributed by atoms with Crippen molar-refractivity contribution in [3.8, 4) is 0 Å². The highest BCUT2D eigenvalue weighted by molar-refractivity contribution is 5.94. The van der Waals surface area contributed by atoms with Crippen LogP contribution in [0.1, 0.15) is 22.8 Å². The lowest BCUT2D eigenvalue weighted by atomic mass is 10.1. The van der Waals surface area contributed by atoms with E-state index in [4.69, 9.17) is 5.73 Å². The SMILES string of the molecule is CNC(=O)C(C)CN(C)C(=O)c1cccc(CCN)c1. The summed E-state index contributed by atoms with van der Waals surface area (Å²) in [5.74, 6) is -0.387. The summed E-state index contributed by atoms with van der Waals surface area (Å²) in [7, 11) is 3.30. The molecule has 0 aliphatic rings. The van der Waals surface area contributed by atoms with E-state index < -0.39 is 0 Å². The smallest absolute Gasteiger partial charge is 0.253 e. The molecule has 0 saturated carbocycles. The van der Waals surface area contributed by atoms with Crippen LogP contribution in [0.15, 0.2) is 24.3 Å². The van der Waals surface area contributed by atoms with Crippen LogP contribution in [0.3, 0.4) is 0 Å². The van der Waals surface area contributed by atoms with Gasteiger partial charge >= 0.3 is 0 Å². The molecule has 0 fully saturated rings. The summed E-state index contributed by atoms with van der Waals surface area (Å²) in [5, 5.41) is 2.58. The number of amides is 2. The predicted molar refractivity (Wildman–Crippen MR) is 79.4 cm³/mol. The molecule has 110 valence electrons. The number of rotatable bonds is 6. The van der Waals surface area contributed by atoms with E-state index in [2.05, 4.69) is 5.32 Å². The lowest BCUT2D eigenvalue weighted by molar-refractivity contribution is -0.124. The van der Waals surface area contributed by atoms with Crippen LogP contribution in [-0.2, 0) is 11.2 Å². The lowest BCUT2D eigenvalue weighted by Gasteiger charge is -2.21. The van der Waals surface area contributed by atoms with Crippen molar-refractivity contribution in [1.29, 1.82) is 0 Å². The van der Waals surface area contributed by atoms with Crippen LogP contribution in [0.5, 0.6) is 0 Å². The van der Waals surface area contributed by atoms with Crippen molar-refractivity contribution >= 4 is 11.8 Å². The minimum atomic E-state index is -0.235. The maximum absolute atomic E-state index is 12.3. The molecule has 0 radical (unpaired) electrons. The molecule has 0 aliphatic heterocycles. The fraction of sp³-hybridized carbons (Fsp3) is 0.467. The lowest BCUT2D eigenvalue weighted by Crippen LogP contribution is -2.37. The van der Waals surface area contributed by atoms with Gasteiger partial charge in [0.1, 0.15) is 0 Å². The van der Waals surface area contributed by atoms with Gasteiger partial charge in [-0.05, 0) is 30.7 Å². The largest absolute Gasteiger partial charge is 0.359 e. The molecule has 5 heteroatoms. The van der Waals surface area contributed by atoms with Gasteiger partial charge in [-0.3, -0.25) is 9.59 Å². The number of nitrogens with two attached hydrogens (primary N) is 1. The second-order valence-corrected chi connectivity index (χ2v) is 4.94. The van der Waals surface area contributed by atoms with Gasteiger partial charge < -0.3 is 16.0 Å². The minimum Gasteiger partial charge on any atom is -0.359 e. The van der Waals surface area contributed by atoms with Gasteiger partial charge in [0.2, 0.25) is 5.91 Å². The molecule has 1 aromatic rings. The quantitative estimate of drug-likeness (QED) is 0.801. The second-order valence-electron chi connectivity index (χ2n) is 4.94. The average molecular weight is 277 g/mol. The summed E-state index contributed by atoms with van der Waals surface area (Å²) in [6.07, 6.45) is 0.749. The Kier molecular flexibility index (Phi) is 6.18. The van der Waals surface area contributed by atoms with Gasteiger partial charge in [0, 0.05) is 26.2 Å². The second kappa shape index (κ2) is 7.65. The zero-order valence-electron chi connectivity index (χ0n) is 12.3. The number of carbonyl (C=O) groups is 2. The van der Waals surface area contributed by atoms with Gasteiger partial charge in [-0.2, -0.15) is 0 Å². The zero-order valence-corrected chi connectivity index (χ0v) is 12.3. The van der Waals surface area contributed by atoms with E-state index in [1.807, 2.05) is 18.2 Å². The van der Waals surface area contributed by atoms with E-state index in [-0.39, 0.29) is 17.7 Å². The molecular weight excluding hydrogens is 254 g/mol. The molecule has 0 aromatic heterocycles. The Morgan fingerprint density at radius 2 is 2.10 bits per heavy atom. The number of benzene rings is 1. The molecule has 20 heavy (non-hydrogen) atoms. The summed E-state index contributed by atoms with van der Waals surface area (Å²) in [4.78, 5) is 25.4. The van der Waals surface area contributed by atoms with Gasteiger partial charge in [0.25, 0.3) is 5.91 Å². The maximum Gasteiger partial charge on any atom is 0.253 e. The monoisotopic (exact) mass is 277 g/mol. The number of hydrogen-bond acceptors (Lipinski definition) is 3. The Morgan fingerprint density at radius 3 is 2.70 bits per heavy atom. The van der Waals surface area contributed by atoms with Crippen LogP contribution in [0, 0.1) is 5.92 Å². The van der Waals surface area contributed by atoms with Crippen LogP contribution < -0.4 is 11.1 Å². The fourth-order valence-electron chi connectivity index (χ4n) is 2.07. The fourth-order valence-corrected chi connectivity index (χ4v) is 2.07. The standard InChI is InChI=1S/C15H23N3O2/c1-11(14(19)17-2)10-18(3)15(20)13-6-4-5-12(9-13)7-8-16/h4-6,9,11H,7-8,10,16H2,1-3H3,(H,17,19). The van der Waals surface area contributed by atoms with E-state index in [0.29, 0.717) is 18.7 Å². The van der Waals surface area contributed by atoms with Crippen LogP contribution >= 0.6 is 0 Å². The zero-order chi connectivity index (χ0) is 15.1. The Morgan fingerprint density at radius 1 is 1.40 bits per heavy atom. The van der Waals surface area contributed by atoms with Gasteiger partial charge in [0.15, 0.2) is 0 Å². The molecule has 1 unspecified atom stereocenters. The molecule has 1 rings (SSSR count). The van der Waals surface area contributed by atoms with Crippen LogP contribution in [0.2, 0.25) is 0 Å². The maximum atomic E-state index is 12.3. The topological polar surface area (TPSA) is 75.4 Å². The van der Waals surface area contributed by atoms with E-state index >= 15 is 0 Å². The number of nitrogens with one attached hydrogen (secondary N) is 1. The summed E-state index contributed by atoms with van der Waals surface area (Å²) < 4.78 is 0. The van der Waals surface area contributed by atoms with E-state index in [0.717, 1.165) is 12.0 Å². The van der Waals surface area contributed by atoms with E-state index in [9.17, 15) is 9.59 Å². The van der Waals surface area contributed by atoms with Crippen molar-refractivity contribution in [3.05, 3.63) is 35.4 Å². The third-order valence-corrected chi connectivity index (χ3v) is 3.20. The number of hydrogen-bond donors (Lipinski definition) is 2. The van der Waals surface area contributed by atoms with E-state index in [1.165, 1.54) is 0 Å². The normalized spacial score (nSPS) is 11.8. The van der Waals surface area contributed by atoms with Gasteiger partial charge in [-0.25, -0.2) is 0 Å².